The van der Waals surface area contributed by atoms with Crippen molar-refractivity contribution in [1.82, 2.24) is 0 Å². The van der Waals surface area contributed by atoms with Gasteiger partial charge < -0.3 is 4.74 Å². The van der Waals surface area contributed by atoms with E-state index in [0.717, 1.165) is 5.56 Å². The Labute approximate surface area is 106 Å². The van der Waals surface area contributed by atoms with Crippen LogP contribution in [-0.2, 0) is 10.1 Å². The highest BCUT2D eigenvalue weighted by Crippen LogP contribution is 2.29. The molecule has 0 heterocycles. The number of benzene rings is 2. The van der Waals surface area contributed by atoms with E-state index in [-0.39, 0.29) is 10.6 Å². The van der Waals surface area contributed by atoms with Crippen LogP contribution < -0.4 is 4.74 Å². The van der Waals surface area contributed by atoms with Crippen LogP contribution in [-0.4, -0.2) is 20.1 Å². The molecule has 2 aromatic rings. The number of hydrogen-bond donors (Lipinski definition) is 1. The van der Waals surface area contributed by atoms with Gasteiger partial charge in [0.15, 0.2) is 0 Å². The first-order chi connectivity index (χ1) is 8.52. The maximum Gasteiger partial charge on any atom is 0.298 e. The van der Waals surface area contributed by atoms with E-state index in [1.807, 2.05) is 30.3 Å². The topological polar surface area (TPSA) is 63.6 Å². The van der Waals surface area contributed by atoms with Gasteiger partial charge in [0.2, 0.25) is 0 Å². The summed E-state index contributed by atoms with van der Waals surface area (Å²) < 4.78 is 36.6. The van der Waals surface area contributed by atoms with E-state index >= 15 is 0 Å². The summed E-state index contributed by atoms with van der Waals surface area (Å²) in [5, 5.41) is 0. The first kappa shape index (κ1) is 12.6. The third-order valence-electron chi connectivity index (χ3n) is 2.55. The molecule has 0 bridgehead atoms. The van der Waals surface area contributed by atoms with Gasteiger partial charge in [-0.25, -0.2) is 0 Å². The predicted molar refractivity (Wildman–Crippen MR) is 68.2 cm³/mol. The molecule has 0 aliphatic rings. The number of hydrogen-bond acceptors (Lipinski definition) is 3. The standard InChI is InChI=1S/C13H12O4S/c1-17-12-8-7-11(9-13(12)18(14,15)16)10-5-3-2-4-6-10/h2-9H,1H3,(H,14,15,16). The van der Waals surface area contributed by atoms with E-state index < -0.39 is 10.1 Å². The first-order valence-electron chi connectivity index (χ1n) is 5.23. The molecule has 0 aliphatic heterocycles. The molecule has 5 heteroatoms. The summed E-state index contributed by atoms with van der Waals surface area (Å²) in [5.74, 6) is 0.122. The van der Waals surface area contributed by atoms with Gasteiger partial charge in [-0.05, 0) is 23.3 Å². The van der Waals surface area contributed by atoms with Gasteiger partial charge in [-0.3, -0.25) is 4.55 Å². The Morgan fingerprint density at radius 3 is 2.22 bits per heavy atom. The molecule has 0 aromatic heterocycles. The highest BCUT2D eigenvalue weighted by molar-refractivity contribution is 7.86. The second-order valence-corrected chi connectivity index (χ2v) is 5.10. The Bertz CT molecular complexity index is 648. The second kappa shape index (κ2) is 4.80. The van der Waals surface area contributed by atoms with Crippen LogP contribution in [0.4, 0.5) is 0 Å². The highest BCUT2D eigenvalue weighted by Gasteiger charge is 2.17. The Balaban J connectivity index is 2.61. The zero-order chi connectivity index (χ0) is 13.2. The van der Waals surface area contributed by atoms with Gasteiger partial charge in [0.25, 0.3) is 10.1 Å². The van der Waals surface area contributed by atoms with Gasteiger partial charge in [0.1, 0.15) is 10.6 Å². The van der Waals surface area contributed by atoms with Crippen LogP contribution in [0.3, 0.4) is 0 Å². The molecule has 0 spiro atoms. The second-order valence-electron chi connectivity index (χ2n) is 3.71. The predicted octanol–water partition coefficient (Wildman–Crippen LogP) is 2.61. The molecule has 2 rings (SSSR count). The van der Waals surface area contributed by atoms with E-state index in [1.165, 1.54) is 19.2 Å². The Morgan fingerprint density at radius 2 is 1.67 bits per heavy atom. The summed E-state index contributed by atoms with van der Waals surface area (Å²) in [6.07, 6.45) is 0. The van der Waals surface area contributed by atoms with Crippen molar-refractivity contribution < 1.29 is 17.7 Å². The molecule has 0 fully saturated rings. The van der Waals surface area contributed by atoms with E-state index in [0.29, 0.717) is 5.56 Å². The zero-order valence-electron chi connectivity index (χ0n) is 9.70. The lowest BCUT2D eigenvalue weighted by Crippen LogP contribution is -2.01. The quantitative estimate of drug-likeness (QED) is 0.865. The van der Waals surface area contributed by atoms with Gasteiger partial charge in [0.05, 0.1) is 7.11 Å². The Hall–Kier alpha value is -1.85. The molecule has 94 valence electrons. The SMILES string of the molecule is COc1ccc(-c2ccccc2)cc1S(=O)(=O)O. The lowest BCUT2D eigenvalue weighted by molar-refractivity contribution is 0.397. The zero-order valence-corrected chi connectivity index (χ0v) is 10.5. The van der Waals surface area contributed by atoms with Crippen molar-refractivity contribution in [2.24, 2.45) is 0 Å². The molecule has 0 radical (unpaired) electrons. The van der Waals surface area contributed by atoms with Crippen molar-refractivity contribution in [2.75, 3.05) is 7.11 Å². The third-order valence-corrected chi connectivity index (χ3v) is 3.42. The van der Waals surface area contributed by atoms with E-state index in [9.17, 15) is 8.42 Å². The fraction of sp³-hybridized carbons (Fsp3) is 0.0769. The lowest BCUT2D eigenvalue weighted by Gasteiger charge is -2.08. The summed E-state index contributed by atoms with van der Waals surface area (Å²) in [5.41, 5.74) is 1.56. The van der Waals surface area contributed by atoms with E-state index in [4.69, 9.17) is 9.29 Å². The molecule has 0 aliphatic carbocycles. The van der Waals surface area contributed by atoms with Crippen molar-refractivity contribution in [3.05, 3.63) is 48.5 Å². The van der Waals surface area contributed by atoms with E-state index in [1.54, 1.807) is 6.07 Å². The van der Waals surface area contributed by atoms with Gasteiger partial charge in [-0.15, -0.1) is 0 Å². The largest absolute Gasteiger partial charge is 0.495 e. The summed E-state index contributed by atoms with van der Waals surface area (Å²) in [6.45, 7) is 0. The van der Waals surface area contributed by atoms with Gasteiger partial charge in [-0.1, -0.05) is 36.4 Å². The Morgan fingerprint density at radius 1 is 1.00 bits per heavy atom. The van der Waals surface area contributed by atoms with Crippen LogP contribution in [0.25, 0.3) is 11.1 Å². The molecule has 0 amide bonds. The molecular formula is C13H12O4S. The molecule has 18 heavy (non-hydrogen) atoms. The Kier molecular flexibility index (Phi) is 3.36. The molecule has 2 aromatic carbocycles. The first-order valence-corrected chi connectivity index (χ1v) is 6.67. The monoisotopic (exact) mass is 264 g/mol. The van der Waals surface area contributed by atoms with Crippen molar-refractivity contribution in [2.45, 2.75) is 4.90 Å². The summed E-state index contributed by atoms with van der Waals surface area (Å²) in [6, 6.07) is 13.9. The van der Waals surface area contributed by atoms with Gasteiger partial charge >= 0.3 is 0 Å². The highest BCUT2D eigenvalue weighted by atomic mass is 32.2. The molecule has 4 nitrogen and oxygen atoms in total. The van der Waals surface area contributed by atoms with Gasteiger partial charge in [-0.2, -0.15) is 8.42 Å². The van der Waals surface area contributed by atoms with Crippen molar-refractivity contribution in [1.29, 1.82) is 0 Å². The van der Waals surface area contributed by atoms with Crippen LogP contribution in [0.2, 0.25) is 0 Å². The van der Waals surface area contributed by atoms with Crippen LogP contribution >= 0.6 is 0 Å². The average Bonchev–Trinajstić information content (AvgIpc) is 2.38. The minimum Gasteiger partial charge on any atom is -0.495 e. The minimum atomic E-state index is -4.30. The fourth-order valence-electron chi connectivity index (χ4n) is 1.69. The molecule has 0 atom stereocenters. The van der Waals surface area contributed by atoms with E-state index in [2.05, 4.69) is 0 Å². The van der Waals surface area contributed by atoms with Crippen molar-refractivity contribution >= 4 is 10.1 Å². The van der Waals surface area contributed by atoms with Crippen LogP contribution in [0, 0.1) is 0 Å². The van der Waals surface area contributed by atoms with Gasteiger partial charge in [0, 0.05) is 0 Å². The molecular weight excluding hydrogens is 252 g/mol. The molecule has 0 saturated heterocycles. The smallest absolute Gasteiger partial charge is 0.298 e. The fourth-order valence-corrected chi connectivity index (χ4v) is 2.37. The van der Waals surface area contributed by atoms with Crippen LogP contribution in [0.1, 0.15) is 0 Å². The summed E-state index contributed by atoms with van der Waals surface area (Å²) >= 11 is 0. The van der Waals surface area contributed by atoms with Crippen molar-refractivity contribution in [3.8, 4) is 16.9 Å². The minimum absolute atomic E-state index is 0.122. The summed E-state index contributed by atoms with van der Waals surface area (Å²) in [7, 11) is -2.95. The number of rotatable bonds is 3. The normalized spacial score (nSPS) is 11.2. The molecule has 1 N–H and O–H groups in total. The average molecular weight is 264 g/mol. The van der Waals surface area contributed by atoms with Crippen LogP contribution in [0.5, 0.6) is 5.75 Å². The molecule has 0 unspecified atom stereocenters. The number of ether oxygens (including phenoxy) is 1. The maximum absolute atomic E-state index is 11.3. The van der Waals surface area contributed by atoms with Crippen molar-refractivity contribution in [3.63, 3.8) is 0 Å². The molecule has 0 saturated carbocycles. The van der Waals surface area contributed by atoms with Crippen LogP contribution in [0.15, 0.2) is 53.4 Å². The third kappa shape index (κ3) is 2.52. The maximum atomic E-state index is 11.3. The number of methoxy groups -OCH3 is 1. The lowest BCUT2D eigenvalue weighted by atomic mass is 10.1. The summed E-state index contributed by atoms with van der Waals surface area (Å²) in [4.78, 5) is -0.230.